The number of carbonyl (C=O) groups is 1. The fraction of sp³-hybridized carbons (Fsp3) is 0.379. The maximum Gasteiger partial charge on any atom is 0.326 e. The molecule has 0 radical (unpaired) electrons. The summed E-state index contributed by atoms with van der Waals surface area (Å²) in [7, 11) is 5.18. The molecule has 1 amide bonds. The van der Waals surface area contributed by atoms with Crippen LogP contribution in [0.4, 0.5) is 5.82 Å². The molecule has 216 valence electrons. The quantitative estimate of drug-likeness (QED) is 0.163. The van der Waals surface area contributed by atoms with Crippen LogP contribution in [0.15, 0.2) is 58.5 Å². The molecule has 5 rings (SSSR count). The highest BCUT2D eigenvalue weighted by Gasteiger charge is 2.26. The van der Waals surface area contributed by atoms with Crippen molar-refractivity contribution in [1.29, 1.82) is 0 Å². The first-order valence-corrected chi connectivity index (χ1v) is 14.8. The molecule has 2 aromatic heterocycles. The predicted octanol–water partition coefficient (Wildman–Crippen LogP) is 4.42. The summed E-state index contributed by atoms with van der Waals surface area (Å²) in [5.74, 6) is 2.30. The zero-order chi connectivity index (χ0) is 28.9. The van der Waals surface area contributed by atoms with Crippen LogP contribution in [-0.4, -0.2) is 77.0 Å². The minimum Gasteiger partial charge on any atom is -0.493 e. The molecule has 1 N–H and O–H groups in total. The molecule has 2 aromatic carbocycles. The Labute approximate surface area is 247 Å². The minimum atomic E-state index is -0.103. The number of H-pyrrole nitrogens is 1. The molecule has 1 aliphatic rings. The minimum absolute atomic E-state index is 0.0201. The van der Waals surface area contributed by atoms with Crippen LogP contribution in [0.5, 0.6) is 11.5 Å². The lowest BCUT2D eigenvalue weighted by Gasteiger charge is -2.32. The molecule has 0 aliphatic carbocycles. The molecule has 1 fully saturated rings. The van der Waals surface area contributed by atoms with Crippen molar-refractivity contribution in [2.45, 2.75) is 30.5 Å². The van der Waals surface area contributed by atoms with Gasteiger partial charge < -0.3 is 24.3 Å². The van der Waals surface area contributed by atoms with Gasteiger partial charge >= 0.3 is 5.69 Å². The molecule has 0 saturated carbocycles. The van der Waals surface area contributed by atoms with Crippen LogP contribution in [0.3, 0.4) is 0 Å². The van der Waals surface area contributed by atoms with Gasteiger partial charge in [-0.05, 0) is 49.1 Å². The Morgan fingerprint density at radius 1 is 1.10 bits per heavy atom. The highest BCUT2D eigenvalue weighted by Crippen LogP contribution is 2.29. The second-order valence-corrected chi connectivity index (χ2v) is 11.2. The first-order valence-electron chi connectivity index (χ1n) is 13.4. The maximum atomic E-state index is 13.0. The van der Waals surface area contributed by atoms with Gasteiger partial charge in [0.25, 0.3) is 0 Å². The van der Waals surface area contributed by atoms with E-state index in [4.69, 9.17) is 21.1 Å². The summed E-state index contributed by atoms with van der Waals surface area (Å²) in [5.41, 5.74) is 2.74. The van der Waals surface area contributed by atoms with E-state index in [0.29, 0.717) is 47.3 Å². The normalized spacial score (nSPS) is 13.9. The van der Waals surface area contributed by atoms with Crippen LogP contribution in [0, 0.1) is 0 Å². The second kappa shape index (κ2) is 12.9. The monoisotopic (exact) mass is 596 g/mol. The summed E-state index contributed by atoms with van der Waals surface area (Å²) in [5, 5.41) is 0.784. The molecular weight excluding hydrogens is 564 g/mol. The average Bonchev–Trinajstić information content (AvgIpc) is 3.33. The number of amides is 1. The van der Waals surface area contributed by atoms with E-state index >= 15 is 0 Å². The number of thioether (sulfide) groups is 1. The van der Waals surface area contributed by atoms with E-state index < -0.39 is 0 Å². The molecule has 41 heavy (non-hydrogen) atoms. The number of rotatable bonds is 10. The average molecular weight is 597 g/mol. The lowest BCUT2D eigenvalue weighted by molar-refractivity contribution is -0.129. The Balaban J connectivity index is 1.15. The zero-order valence-corrected chi connectivity index (χ0v) is 24.9. The number of halogens is 1. The first kappa shape index (κ1) is 28.8. The maximum absolute atomic E-state index is 13.0. The van der Waals surface area contributed by atoms with Crippen LogP contribution >= 0.6 is 23.4 Å². The number of ether oxygens (including phenoxy) is 2. The smallest absolute Gasteiger partial charge is 0.326 e. The molecule has 10 nitrogen and oxygen atoms in total. The Morgan fingerprint density at radius 3 is 2.61 bits per heavy atom. The summed E-state index contributed by atoms with van der Waals surface area (Å²) in [4.78, 5) is 41.3. The van der Waals surface area contributed by atoms with E-state index in [0.717, 1.165) is 35.9 Å². The van der Waals surface area contributed by atoms with E-state index in [-0.39, 0.29) is 23.4 Å². The largest absolute Gasteiger partial charge is 0.493 e. The number of hydrogen-bond donors (Lipinski definition) is 1. The van der Waals surface area contributed by atoms with Crippen LogP contribution in [-0.2, 0) is 11.2 Å². The van der Waals surface area contributed by atoms with Crippen molar-refractivity contribution in [3.8, 4) is 11.5 Å². The number of nitrogens with zero attached hydrogens (tertiary/aromatic N) is 5. The standard InChI is InChI=1S/C29H33ClN6O4S/c1-34(13-10-19-8-9-23(39-2)24(16-19)40-3)26-17-25(30)32-28(33-26)41-18-27(37)35-14-11-20(12-15-35)36-22-7-5-4-6-21(22)31-29(36)38/h4-9,16-17,20H,10-15,18H2,1-3H3,(H,31,38). The summed E-state index contributed by atoms with van der Waals surface area (Å²) in [6.45, 7) is 1.88. The highest BCUT2D eigenvalue weighted by molar-refractivity contribution is 7.99. The van der Waals surface area contributed by atoms with Gasteiger partial charge in [0.15, 0.2) is 16.7 Å². The van der Waals surface area contributed by atoms with Gasteiger partial charge in [-0.2, -0.15) is 0 Å². The van der Waals surface area contributed by atoms with Crippen molar-refractivity contribution in [3.63, 3.8) is 0 Å². The van der Waals surface area contributed by atoms with Crippen molar-refractivity contribution in [2.24, 2.45) is 0 Å². The Kier molecular flexibility index (Phi) is 9.04. The zero-order valence-electron chi connectivity index (χ0n) is 23.3. The van der Waals surface area contributed by atoms with Crippen molar-refractivity contribution in [2.75, 3.05) is 51.6 Å². The predicted molar refractivity (Wildman–Crippen MR) is 162 cm³/mol. The molecule has 0 bridgehead atoms. The molecule has 12 heteroatoms. The van der Waals surface area contributed by atoms with Gasteiger partial charge in [0.05, 0.1) is 31.0 Å². The van der Waals surface area contributed by atoms with Gasteiger partial charge in [0, 0.05) is 38.8 Å². The third-order valence-corrected chi connectivity index (χ3v) is 8.39. The summed E-state index contributed by atoms with van der Waals surface area (Å²) in [6, 6.07) is 15.4. The third-order valence-electron chi connectivity index (χ3n) is 7.37. The molecule has 1 aliphatic heterocycles. The number of benzene rings is 2. The van der Waals surface area contributed by atoms with E-state index in [1.807, 2.05) is 63.9 Å². The molecule has 0 spiro atoms. The topological polar surface area (TPSA) is 106 Å². The number of fused-ring (bicyclic) bond motifs is 1. The van der Waals surface area contributed by atoms with Crippen molar-refractivity contribution in [3.05, 3.63) is 69.7 Å². The number of anilines is 1. The number of aromatic nitrogens is 4. The van der Waals surface area contributed by atoms with E-state index in [1.54, 1.807) is 20.3 Å². The number of hydrogen-bond acceptors (Lipinski definition) is 8. The molecule has 0 atom stereocenters. The number of aromatic amines is 1. The Bertz CT molecular complexity index is 1580. The molecular formula is C29H33ClN6O4S. The second-order valence-electron chi connectivity index (χ2n) is 9.91. The van der Waals surface area contributed by atoms with Crippen molar-refractivity contribution < 1.29 is 14.3 Å². The van der Waals surface area contributed by atoms with E-state index in [9.17, 15) is 9.59 Å². The Hall–Kier alpha value is -3.70. The number of carbonyl (C=O) groups excluding carboxylic acids is 1. The molecule has 1 saturated heterocycles. The number of likely N-dealkylation sites (tertiary alicyclic amines) is 1. The van der Waals surface area contributed by atoms with Gasteiger partial charge in [-0.1, -0.05) is 41.6 Å². The third kappa shape index (κ3) is 6.62. The fourth-order valence-electron chi connectivity index (χ4n) is 5.12. The first-order chi connectivity index (χ1) is 19.9. The Morgan fingerprint density at radius 2 is 1.85 bits per heavy atom. The number of nitrogens with one attached hydrogen (secondary N) is 1. The van der Waals surface area contributed by atoms with Gasteiger partial charge in [-0.25, -0.2) is 14.8 Å². The van der Waals surface area contributed by atoms with Crippen LogP contribution in [0.2, 0.25) is 5.15 Å². The number of imidazole rings is 1. The highest BCUT2D eigenvalue weighted by atomic mass is 35.5. The lowest BCUT2D eigenvalue weighted by atomic mass is 10.0. The SMILES string of the molecule is COc1ccc(CCN(C)c2cc(Cl)nc(SCC(=O)N3CCC(n4c(=O)[nH]c5ccccc54)CC3)n2)cc1OC. The van der Waals surface area contributed by atoms with Gasteiger partial charge in [0.2, 0.25) is 5.91 Å². The van der Waals surface area contributed by atoms with Crippen molar-refractivity contribution in [1.82, 2.24) is 24.4 Å². The summed E-state index contributed by atoms with van der Waals surface area (Å²) >= 11 is 7.60. The van der Waals surface area contributed by atoms with Crippen molar-refractivity contribution >= 4 is 46.1 Å². The van der Waals surface area contributed by atoms with Crippen LogP contribution in [0.25, 0.3) is 11.0 Å². The van der Waals surface area contributed by atoms with Gasteiger partial charge in [-0.15, -0.1) is 0 Å². The van der Waals surface area contributed by atoms with E-state index in [1.165, 1.54) is 11.8 Å². The molecule has 0 unspecified atom stereocenters. The van der Waals surface area contributed by atoms with Gasteiger partial charge in [0.1, 0.15) is 11.0 Å². The summed E-state index contributed by atoms with van der Waals surface area (Å²) < 4.78 is 12.6. The fourth-order valence-corrected chi connectivity index (χ4v) is 6.10. The summed E-state index contributed by atoms with van der Waals surface area (Å²) in [6.07, 6.45) is 2.21. The number of piperidine rings is 1. The van der Waals surface area contributed by atoms with Crippen LogP contribution < -0.4 is 20.1 Å². The number of likely N-dealkylation sites (N-methyl/N-ethyl adjacent to an activating group) is 1. The number of methoxy groups -OCH3 is 2. The number of para-hydroxylation sites is 2. The van der Waals surface area contributed by atoms with Crippen LogP contribution in [0.1, 0.15) is 24.4 Å². The van der Waals surface area contributed by atoms with E-state index in [2.05, 4.69) is 15.0 Å². The molecule has 3 heterocycles. The lowest BCUT2D eigenvalue weighted by Crippen LogP contribution is -2.41. The van der Waals surface area contributed by atoms with Gasteiger partial charge in [-0.3, -0.25) is 9.36 Å². The molecule has 4 aromatic rings.